The van der Waals surface area contributed by atoms with Gasteiger partial charge in [0.15, 0.2) is 5.78 Å². The van der Waals surface area contributed by atoms with Gasteiger partial charge in [-0.2, -0.15) is 0 Å². The second-order valence-electron chi connectivity index (χ2n) is 22.4. The molecule has 6 aliphatic carbocycles. The number of aromatic nitrogens is 1. The molecule has 0 bridgehead atoms. The Labute approximate surface area is 353 Å². The van der Waals surface area contributed by atoms with E-state index in [0.717, 1.165) is 81.4 Å². The number of aliphatic hydroxyl groups is 1. The third kappa shape index (κ3) is 6.40. The largest absolute Gasteiger partial charge is 0.481 e. The number of hydrogen-bond donors (Lipinski definition) is 3. The van der Waals surface area contributed by atoms with Gasteiger partial charge in [-0.3, -0.25) is 14.4 Å². The normalized spacial score (nSPS) is 40.3. The lowest BCUT2D eigenvalue weighted by Gasteiger charge is -2.72. The van der Waals surface area contributed by atoms with E-state index in [1.54, 1.807) is 0 Å². The molecule has 1 unspecified atom stereocenters. The van der Waals surface area contributed by atoms with Crippen molar-refractivity contribution in [3.63, 3.8) is 0 Å². The molecule has 8 rings (SSSR count). The molecule has 1 aromatic heterocycles. The molecule has 0 spiro atoms. The molecule has 59 heavy (non-hydrogen) atoms. The summed E-state index contributed by atoms with van der Waals surface area (Å²) in [6, 6.07) is 4.09. The van der Waals surface area contributed by atoms with Gasteiger partial charge in [-0.15, -0.1) is 0 Å². The van der Waals surface area contributed by atoms with Crippen LogP contribution in [0, 0.1) is 68.0 Å². The van der Waals surface area contributed by atoms with Crippen LogP contribution in [-0.4, -0.2) is 78.0 Å². The van der Waals surface area contributed by atoms with E-state index in [-0.39, 0.29) is 57.3 Å². The lowest BCUT2D eigenvalue weighted by atomic mass is 9.33. The number of ketones is 1. The summed E-state index contributed by atoms with van der Waals surface area (Å²) >= 11 is 0. The summed E-state index contributed by atoms with van der Waals surface area (Å²) in [5.41, 5.74) is 2.12. The number of carbonyl (C=O) groups excluding carboxylic acids is 2. The summed E-state index contributed by atoms with van der Waals surface area (Å²) in [6.45, 7) is 24.5. The van der Waals surface area contributed by atoms with Gasteiger partial charge in [0.1, 0.15) is 11.9 Å². The topological polar surface area (TPSA) is 138 Å². The predicted octanol–water partition coefficient (Wildman–Crippen LogP) is 8.01. The Morgan fingerprint density at radius 1 is 0.932 bits per heavy atom. The molecule has 326 valence electrons. The summed E-state index contributed by atoms with van der Waals surface area (Å²) in [4.78, 5) is 46.7. The van der Waals surface area contributed by atoms with Gasteiger partial charge in [-0.1, -0.05) is 74.0 Å². The number of ether oxygens (including phenoxy) is 2. The number of Topliss-reactive ketones (excluding diaryl/α,β-unsaturated/α-hetero) is 1. The zero-order chi connectivity index (χ0) is 42.5. The molecule has 0 aromatic carbocycles. The first kappa shape index (κ1) is 42.9. The van der Waals surface area contributed by atoms with Gasteiger partial charge >= 0.3 is 11.9 Å². The van der Waals surface area contributed by atoms with Crippen molar-refractivity contribution in [1.82, 2.24) is 10.3 Å². The highest BCUT2D eigenvalue weighted by atomic mass is 16.5. The van der Waals surface area contributed by atoms with E-state index >= 15 is 0 Å². The lowest BCUT2D eigenvalue weighted by molar-refractivity contribution is -0.238. The number of carboxylic acid groups (broad SMARTS) is 1. The highest BCUT2D eigenvalue weighted by Gasteiger charge is 2.71. The van der Waals surface area contributed by atoms with Gasteiger partial charge < -0.3 is 29.9 Å². The van der Waals surface area contributed by atoms with Crippen LogP contribution >= 0.6 is 0 Å². The molecule has 0 radical (unpaired) electrons. The Bertz CT molecular complexity index is 1870. The summed E-state index contributed by atoms with van der Waals surface area (Å²) in [6.07, 6.45) is 9.65. The highest BCUT2D eigenvalue weighted by molar-refractivity contribution is 6.00. The van der Waals surface area contributed by atoms with Crippen molar-refractivity contribution < 1.29 is 34.1 Å². The number of rotatable bonds is 10. The lowest BCUT2D eigenvalue weighted by Crippen LogP contribution is -2.66. The van der Waals surface area contributed by atoms with Gasteiger partial charge in [0.25, 0.3) is 0 Å². The molecule has 0 amide bonds. The number of nitrogens with zero attached hydrogens (tertiary/aromatic N) is 2. The molecule has 3 N–H and O–H groups in total. The predicted molar refractivity (Wildman–Crippen MR) is 227 cm³/mol. The Hall–Kier alpha value is -2.82. The van der Waals surface area contributed by atoms with E-state index < -0.39 is 28.8 Å². The minimum Gasteiger partial charge on any atom is -0.481 e. The van der Waals surface area contributed by atoms with Crippen molar-refractivity contribution in [3.05, 3.63) is 35.0 Å². The smallest absolute Gasteiger partial charge is 0.309 e. The van der Waals surface area contributed by atoms with Gasteiger partial charge in [-0.05, 0) is 115 Å². The fourth-order valence-electron chi connectivity index (χ4n) is 15.4. The number of pyridine rings is 1. The Morgan fingerprint density at radius 3 is 2.34 bits per heavy atom. The minimum absolute atomic E-state index is 0.0205. The molecule has 6 fully saturated rings. The Morgan fingerprint density at radius 2 is 1.66 bits per heavy atom. The summed E-state index contributed by atoms with van der Waals surface area (Å²) < 4.78 is 12.0. The Balaban J connectivity index is 1.01. The number of nitrogens with one attached hydrogen (secondary N) is 1. The molecule has 1 aromatic rings. The first-order chi connectivity index (χ1) is 27.7. The molecule has 11 atom stereocenters. The van der Waals surface area contributed by atoms with E-state index in [4.69, 9.17) is 14.5 Å². The molecule has 10 heteroatoms. The molecular formula is C49H73N3O7. The minimum atomic E-state index is -0.829. The number of fused-ring (bicyclic) bond motifs is 7. The molecular weight excluding hydrogens is 743 g/mol. The van der Waals surface area contributed by atoms with Crippen molar-refractivity contribution in [1.29, 1.82) is 0 Å². The maximum atomic E-state index is 14.2. The van der Waals surface area contributed by atoms with Gasteiger partial charge in [0, 0.05) is 55.2 Å². The average molecular weight is 816 g/mol. The molecule has 5 saturated carbocycles. The number of hydrogen-bond acceptors (Lipinski definition) is 9. The van der Waals surface area contributed by atoms with Crippen LogP contribution in [0.25, 0.3) is 0 Å². The molecule has 1 saturated heterocycles. The highest BCUT2D eigenvalue weighted by Crippen LogP contribution is 2.77. The Kier molecular flexibility index (Phi) is 10.8. The molecule has 1 aliphatic heterocycles. The van der Waals surface area contributed by atoms with Crippen LogP contribution in [0.3, 0.4) is 0 Å². The standard InChI is InChI=1S/C49H73N3O7/c1-29(2)39-34(53)26-49(37(54)28-50-27-30-11-10-20-51-41(30)52-21-23-58-24-22-52)19-18-47(8)31(40(39)49)12-13-36-46(7)16-15-38(45(5,6)35(46)14-17-48(36,47)9)59-43(57)33-25-32(42(55)56)44(33,3)4/h10-11,20,29,31-33,35-38,50,54H,12-19,21-28H2,1-9H3,(H,55,56)/t31?,32-,33+,35-,36+,37-,38-,46-,47+,48+,49-/m0/s1. The summed E-state index contributed by atoms with van der Waals surface area (Å²) in [5.74, 6) is 0.495. The van der Waals surface area contributed by atoms with Crippen molar-refractivity contribution >= 4 is 23.5 Å². The summed E-state index contributed by atoms with van der Waals surface area (Å²) in [5, 5.41) is 25.7. The van der Waals surface area contributed by atoms with Crippen molar-refractivity contribution in [2.45, 2.75) is 145 Å². The third-order valence-corrected chi connectivity index (χ3v) is 19.0. The van der Waals surface area contributed by atoms with Gasteiger partial charge in [0.05, 0.1) is 31.2 Å². The van der Waals surface area contributed by atoms with Crippen LogP contribution in [0.5, 0.6) is 0 Å². The van der Waals surface area contributed by atoms with Crippen LogP contribution in [0.1, 0.15) is 132 Å². The van der Waals surface area contributed by atoms with E-state index in [1.165, 1.54) is 5.57 Å². The maximum absolute atomic E-state index is 14.2. The average Bonchev–Trinajstić information content (AvgIpc) is 3.49. The molecule has 7 aliphatic rings. The number of aliphatic hydroxyl groups excluding tert-OH is 1. The quantitative estimate of drug-likeness (QED) is 0.199. The SMILES string of the molecule is CC(C)C1=C2C3CC[C@@H]4[C@@]5(C)CC[C@H](OC(=O)[C@H]6C[C@@H](C(=O)O)C6(C)C)C(C)(C)[C@@H]5CC[C@@]4(C)[C@]3(C)CC[C@@]2([C@@H](O)CNCc2cccnc2N2CCOCC2)CC1=O. The van der Waals surface area contributed by atoms with E-state index in [2.05, 4.69) is 64.7 Å². The monoisotopic (exact) mass is 816 g/mol. The zero-order valence-electron chi connectivity index (χ0n) is 37.5. The number of morpholine rings is 1. The van der Waals surface area contributed by atoms with E-state index in [0.29, 0.717) is 51.0 Å². The number of carbonyl (C=O) groups is 3. The third-order valence-electron chi connectivity index (χ3n) is 19.0. The number of esters is 1. The zero-order valence-corrected chi connectivity index (χ0v) is 37.5. The van der Waals surface area contributed by atoms with Crippen LogP contribution in [0.4, 0.5) is 5.82 Å². The van der Waals surface area contributed by atoms with Crippen LogP contribution in [0.2, 0.25) is 0 Å². The van der Waals surface area contributed by atoms with Crippen LogP contribution in [0.15, 0.2) is 29.5 Å². The van der Waals surface area contributed by atoms with Crippen LogP contribution in [-0.2, 0) is 30.4 Å². The maximum Gasteiger partial charge on any atom is 0.309 e. The van der Waals surface area contributed by atoms with Crippen LogP contribution < -0.4 is 10.2 Å². The first-order valence-electron chi connectivity index (χ1n) is 23.1. The fourth-order valence-corrected chi connectivity index (χ4v) is 15.4. The van der Waals surface area contributed by atoms with Gasteiger partial charge in [0.2, 0.25) is 0 Å². The number of carboxylic acids is 1. The van der Waals surface area contributed by atoms with Crippen molar-refractivity contribution in [3.8, 4) is 0 Å². The molecule has 2 heterocycles. The van der Waals surface area contributed by atoms with Gasteiger partial charge in [-0.25, -0.2) is 4.98 Å². The van der Waals surface area contributed by atoms with Crippen molar-refractivity contribution in [2.24, 2.45) is 68.0 Å². The summed E-state index contributed by atoms with van der Waals surface area (Å²) in [7, 11) is 0. The second kappa shape index (κ2) is 14.9. The van der Waals surface area contributed by atoms with E-state index in [9.17, 15) is 24.6 Å². The number of allylic oxidation sites excluding steroid dienone is 1. The second-order valence-corrected chi connectivity index (χ2v) is 22.4. The van der Waals surface area contributed by atoms with E-state index in [1.807, 2.05) is 26.1 Å². The van der Waals surface area contributed by atoms with Crippen molar-refractivity contribution in [2.75, 3.05) is 37.7 Å². The first-order valence-corrected chi connectivity index (χ1v) is 23.1. The fraction of sp³-hybridized carbons (Fsp3) is 0.796. The number of anilines is 1. The number of aliphatic carboxylic acids is 1. The molecule has 10 nitrogen and oxygen atoms in total.